The minimum Gasteiger partial charge on any atom is -0.481 e. The molecule has 0 aromatic rings. The summed E-state index contributed by atoms with van der Waals surface area (Å²) in [6, 6.07) is 0. The number of ether oxygens (including phenoxy) is 1. The lowest BCUT2D eigenvalue weighted by atomic mass is 9.40. The number of rotatable bonds is 1. The third-order valence-electron chi connectivity index (χ3n) is 8.31. The Kier molecular flexibility index (Phi) is 3.27. The van der Waals surface area contributed by atoms with Crippen LogP contribution in [-0.4, -0.2) is 23.7 Å². The fourth-order valence-corrected chi connectivity index (χ4v) is 7.08. The summed E-state index contributed by atoms with van der Waals surface area (Å²) < 4.78 is 5.36. The van der Waals surface area contributed by atoms with Crippen molar-refractivity contribution in [3.63, 3.8) is 0 Å². The first-order valence-electron chi connectivity index (χ1n) is 9.36. The van der Waals surface area contributed by atoms with Crippen LogP contribution in [0.2, 0.25) is 0 Å². The van der Waals surface area contributed by atoms with Crippen LogP contribution in [0.1, 0.15) is 65.7 Å². The molecule has 2 fully saturated rings. The molecule has 0 aromatic heterocycles. The SMILES string of the molecule is C[C@]12CCC[C@](C)(C(=O)O)C1CC[C@@]1(C)C3=C(CCC21)C(=O)OC3. The number of fused-ring (bicyclic) bond motifs is 4. The van der Waals surface area contributed by atoms with Crippen molar-refractivity contribution in [1.82, 2.24) is 0 Å². The molecule has 4 aliphatic rings. The number of hydrogen-bond acceptors (Lipinski definition) is 3. The van der Waals surface area contributed by atoms with Gasteiger partial charge >= 0.3 is 11.9 Å². The smallest absolute Gasteiger partial charge is 0.334 e. The minimum absolute atomic E-state index is 0.00173. The van der Waals surface area contributed by atoms with E-state index in [-0.39, 0.29) is 22.7 Å². The zero-order chi connectivity index (χ0) is 17.3. The van der Waals surface area contributed by atoms with E-state index in [9.17, 15) is 14.7 Å². The molecule has 24 heavy (non-hydrogen) atoms. The lowest BCUT2D eigenvalue weighted by molar-refractivity contribution is -0.175. The Bertz CT molecular complexity index is 650. The number of carbonyl (C=O) groups excluding carboxylic acids is 1. The summed E-state index contributed by atoms with van der Waals surface area (Å²) in [6.45, 7) is 7.07. The number of carboxylic acids is 1. The zero-order valence-electron chi connectivity index (χ0n) is 15.0. The molecule has 1 heterocycles. The molecule has 1 N–H and O–H groups in total. The number of aliphatic carboxylic acids is 1. The maximum atomic E-state index is 12.1. The molecule has 3 aliphatic carbocycles. The molecule has 2 unspecified atom stereocenters. The van der Waals surface area contributed by atoms with Crippen molar-refractivity contribution < 1.29 is 19.4 Å². The summed E-state index contributed by atoms with van der Waals surface area (Å²) in [7, 11) is 0. The second kappa shape index (κ2) is 4.86. The van der Waals surface area contributed by atoms with Crippen molar-refractivity contribution in [1.29, 1.82) is 0 Å². The standard InChI is InChI=1S/C20H28O4/c1-18-10-7-15-19(2,8-4-9-20(15,3)17(22)23)14(18)6-5-12-13(18)11-24-16(12)21/h14-15H,4-11H2,1-3H3,(H,22,23)/t14?,15?,18-,19+,20-/m0/s1. The van der Waals surface area contributed by atoms with Gasteiger partial charge in [-0.25, -0.2) is 4.79 Å². The monoisotopic (exact) mass is 332 g/mol. The first-order valence-corrected chi connectivity index (χ1v) is 9.36. The molecule has 0 radical (unpaired) electrons. The average molecular weight is 332 g/mol. The fraction of sp³-hybridized carbons (Fsp3) is 0.800. The topological polar surface area (TPSA) is 63.6 Å². The first-order chi connectivity index (χ1) is 11.2. The van der Waals surface area contributed by atoms with E-state index in [1.54, 1.807) is 0 Å². The fourth-order valence-electron chi connectivity index (χ4n) is 7.08. The first kappa shape index (κ1) is 16.2. The van der Waals surface area contributed by atoms with Crippen LogP contribution in [-0.2, 0) is 14.3 Å². The Labute approximate surface area is 143 Å². The number of carboxylic acid groups (broad SMARTS) is 1. The van der Waals surface area contributed by atoms with Gasteiger partial charge in [0.15, 0.2) is 0 Å². The summed E-state index contributed by atoms with van der Waals surface area (Å²) in [5.41, 5.74) is 1.59. The second-order valence-corrected chi connectivity index (χ2v) is 9.22. The quantitative estimate of drug-likeness (QED) is 0.739. The van der Waals surface area contributed by atoms with Crippen LogP contribution in [0.4, 0.5) is 0 Å². The van der Waals surface area contributed by atoms with Gasteiger partial charge in [0.05, 0.1) is 5.41 Å². The Balaban J connectivity index is 1.78. The van der Waals surface area contributed by atoms with Gasteiger partial charge in [0, 0.05) is 5.57 Å². The van der Waals surface area contributed by atoms with Crippen molar-refractivity contribution in [3.8, 4) is 0 Å². The van der Waals surface area contributed by atoms with Crippen molar-refractivity contribution in [3.05, 3.63) is 11.1 Å². The van der Waals surface area contributed by atoms with Gasteiger partial charge in [-0.2, -0.15) is 0 Å². The maximum absolute atomic E-state index is 12.1. The number of hydrogen-bond donors (Lipinski definition) is 1. The van der Waals surface area contributed by atoms with E-state index in [1.165, 1.54) is 5.57 Å². The normalized spacial score (nSPS) is 47.5. The lowest BCUT2D eigenvalue weighted by Crippen LogP contribution is -2.58. The van der Waals surface area contributed by atoms with E-state index >= 15 is 0 Å². The molecule has 0 saturated heterocycles. The zero-order valence-corrected chi connectivity index (χ0v) is 15.0. The van der Waals surface area contributed by atoms with E-state index in [2.05, 4.69) is 13.8 Å². The maximum Gasteiger partial charge on any atom is 0.334 e. The van der Waals surface area contributed by atoms with Gasteiger partial charge < -0.3 is 9.84 Å². The lowest BCUT2D eigenvalue weighted by Gasteiger charge is -2.63. The molecule has 5 atom stereocenters. The van der Waals surface area contributed by atoms with Gasteiger partial charge in [-0.3, -0.25) is 4.79 Å². The molecule has 0 amide bonds. The van der Waals surface area contributed by atoms with Crippen molar-refractivity contribution in [2.24, 2.45) is 28.1 Å². The van der Waals surface area contributed by atoms with Crippen LogP contribution in [0.25, 0.3) is 0 Å². The number of cyclic esters (lactones) is 1. The Morgan fingerprint density at radius 2 is 1.88 bits per heavy atom. The van der Waals surface area contributed by atoms with Crippen LogP contribution in [0.5, 0.6) is 0 Å². The summed E-state index contributed by atoms with van der Waals surface area (Å²) in [5, 5.41) is 9.92. The summed E-state index contributed by atoms with van der Waals surface area (Å²) >= 11 is 0. The molecular formula is C20H28O4. The molecule has 132 valence electrons. The highest BCUT2D eigenvalue weighted by atomic mass is 16.5. The van der Waals surface area contributed by atoms with E-state index < -0.39 is 11.4 Å². The largest absolute Gasteiger partial charge is 0.481 e. The van der Waals surface area contributed by atoms with Crippen LogP contribution < -0.4 is 0 Å². The highest BCUT2D eigenvalue weighted by molar-refractivity contribution is 5.92. The Morgan fingerprint density at radius 1 is 1.12 bits per heavy atom. The summed E-state index contributed by atoms with van der Waals surface area (Å²) in [4.78, 5) is 24.1. The van der Waals surface area contributed by atoms with Crippen molar-refractivity contribution >= 4 is 11.9 Å². The number of carbonyl (C=O) groups is 2. The van der Waals surface area contributed by atoms with E-state index in [4.69, 9.17) is 4.74 Å². The van der Waals surface area contributed by atoms with Crippen LogP contribution >= 0.6 is 0 Å². The Hall–Kier alpha value is -1.32. The molecule has 0 aromatic carbocycles. The van der Waals surface area contributed by atoms with E-state index in [0.717, 1.165) is 50.5 Å². The average Bonchev–Trinajstić information content (AvgIpc) is 2.89. The summed E-state index contributed by atoms with van der Waals surface area (Å²) in [5.74, 6) is -0.0569. The molecule has 0 spiro atoms. The summed E-state index contributed by atoms with van der Waals surface area (Å²) in [6.07, 6.45) is 6.62. The molecule has 1 aliphatic heterocycles. The highest BCUT2D eigenvalue weighted by Crippen LogP contribution is 2.68. The van der Waals surface area contributed by atoms with Crippen LogP contribution in [0, 0.1) is 28.1 Å². The van der Waals surface area contributed by atoms with Gasteiger partial charge in [0.25, 0.3) is 0 Å². The van der Waals surface area contributed by atoms with Crippen LogP contribution in [0.15, 0.2) is 11.1 Å². The van der Waals surface area contributed by atoms with Crippen molar-refractivity contribution in [2.75, 3.05) is 6.61 Å². The van der Waals surface area contributed by atoms with Gasteiger partial charge in [-0.15, -0.1) is 0 Å². The van der Waals surface area contributed by atoms with Crippen LogP contribution in [0.3, 0.4) is 0 Å². The Morgan fingerprint density at radius 3 is 2.58 bits per heavy atom. The predicted molar refractivity (Wildman–Crippen MR) is 89.2 cm³/mol. The highest BCUT2D eigenvalue weighted by Gasteiger charge is 2.63. The molecule has 2 saturated carbocycles. The molecule has 0 bridgehead atoms. The molecule has 4 nitrogen and oxygen atoms in total. The predicted octanol–water partition coefficient (Wildman–Crippen LogP) is 3.95. The van der Waals surface area contributed by atoms with Gasteiger partial charge in [-0.1, -0.05) is 20.3 Å². The van der Waals surface area contributed by atoms with Gasteiger partial charge in [0.2, 0.25) is 0 Å². The van der Waals surface area contributed by atoms with E-state index in [1.807, 2.05) is 6.92 Å². The minimum atomic E-state index is -0.628. The van der Waals surface area contributed by atoms with Gasteiger partial charge in [0.1, 0.15) is 6.61 Å². The van der Waals surface area contributed by atoms with Crippen molar-refractivity contribution in [2.45, 2.75) is 65.7 Å². The van der Waals surface area contributed by atoms with E-state index in [0.29, 0.717) is 12.5 Å². The second-order valence-electron chi connectivity index (χ2n) is 9.22. The molecular weight excluding hydrogens is 304 g/mol. The third-order valence-corrected chi connectivity index (χ3v) is 8.31. The molecule has 4 rings (SSSR count). The third kappa shape index (κ3) is 1.80. The molecule has 4 heteroatoms. The van der Waals surface area contributed by atoms with Gasteiger partial charge in [-0.05, 0) is 73.7 Å². The number of esters is 1.